The maximum Gasteiger partial charge on any atom is 0.189 e. The Morgan fingerprint density at radius 1 is 1.20 bits per heavy atom. The van der Waals surface area contributed by atoms with Gasteiger partial charge in [0, 0.05) is 18.3 Å². The number of thiazole rings is 1. The lowest BCUT2D eigenvalue weighted by Gasteiger charge is -2.19. The summed E-state index contributed by atoms with van der Waals surface area (Å²) in [6.45, 7) is 2.20. The minimum absolute atomic E-state index is 0.604. The molecule has 1 N–H and O–H groups in total. The number of fused-ring (bicyclic) bond motifs is 1. The molecule has 0 saturated carbocycles. The van der Waals surface area contributed by atoms with Crippen LogP contribution in [0.4, 0.5) is 0 Å². The first-order valence-electron chi connectivity index (χ1n) is 5.21. The Bertz CT molecular complexity index is 428. The van der Waals surface area contributed by atoms with Crippen LogP contribution in [0.2, 0.25) is 0 Å². The monoisotopic (exact) mass is 220 g/mol. The van der Waals surface area contributed by atoms with Crippen molar-refractivity contribution in [1.29, 1.82) is 0 Å². The Balaban J connectivity index is 1.96. The van der Waals surface area contributed by atoms with Gasteiger partial charge in [-0.2, -0.15) is 0 Å². The maximum atomic E-state index is 4.55. The molecule has 78 valence electrons. The van der Waals surface area contributed by atoms with E-state index in [4.69, 9.17) is 0 Å². The smallest absolute Gasteiger partial charge is 0.189 e. The van der Waals surface area contributed by atoms with Crippen LogP contribution >= 0.6 is 11.3 Å². The molecule has 1 saturated heterocycles. The van der Waals surface area contributed by atoms with Gasteiger partial charge in [0.25, 0.3) is 0 Å². The zero-order chi connectivity index (χ0) is 10.1. The van der Waals surface area contributed by atoms with E-state index in [1.807, 2.05) is 0 Å². The normalized spacial score (nSPS) is 18.4. The molecule has 3 heterocycles. The average molecular weight is 220 g/mol. The van der Waals surface area contributed by atoms with E-state index in [1.165, 1.54) is 17.8 Å². The molecule has 4 nitrogen and oxygen atoms in total. The molecular formula is C10H12N4S. The fraction of sp³-hybridized carbons (Fsp3) is 0.500. The fourth-order valence-electron chi connectivity index (χ4n) is 1.94. The molecule has 1 aliphatic heterocycles. The third kappa shape index (κ3) is 1.72. The van der Waals surface area contributed by atoms with E-state index in [9.17, 15) is 0 Å². The van der Waals surface area contributed by atoms with Gasteiger partial charge >= 0.3 is 0 Å². The number of nitrogens with one attached hydrogen (secondary N) is 1. The Kier molecular flexibility index (Phi) is 2.34. The fourth-order valence-corrected chi connectivity index (χ4v) is 2.97. The van der Waals surface area contributed by atoms with Crippen molar-refractivity contribution in [2.75, 3.05) is 13.1 Å². The second-order valence-electron chi connectivity index (χ2n) is 3.76. The van der Waals surface area contributed by atoms with Gasteiger partial charge in [0.1, 0.15) is 5.01 Å². The number of nitrogens with zero attached hydrogens (tertiary/aromatic N) is 3. The van der Waals surface area contributed by atoms with Gasteiger partial charge in [-0.3, -0.25) is 0 Å². The second-order valence-corrected chi connectivity index (χ2v) is 4.77. The quantitative estimate of drug-likeness (QED) is 0.792. The summed E-state index contributed by atoms with van der Waals surface area (Å²) in [5.41, 5.74) is 0.802. The molecule has 0 unspecified atom stereocenters. The van der Waals surface area contributed by atoms with Crippen molar-refractivity contribution in [3.8, 4) is 0 Å². The van der Waals surface area contributed by atoms with Crippen LogP contribution in [0.1, 0.15) is 23.8 Å². The summed E-state index contributed by atoms with van der Waals surface area (Å²) in [4.78, 5) is 14.0. The molecule has 2 aromatic rings. The molecular weight excluding hydrogens is 208 g/mol. The largest absolute Gasteiger partial charge is 0.317 e. The maximum absolute atomic E-state index is 4.55. The van der Waals surface area contributed by atoms with Crippen molar-refractivity contribution in [2.24, 2.45) is 0 Å². The number of aromatic nitrogens is 3. The standard InChI is InChI=1S/C10H12N4S/c1-3-11-4-2-7(1)9-14-8-10(15-9)13-6-5-12-8/h5-7,11H,1-4H2. The summed E-state index contributed by atoms with van der Waals surface area (Å²) in [5, 5.41) is 4.57. The van der Waals surface area contributed by atoms with E-state index >= 15 is 0 Å². The summed E-state index contributed by atoms with van der Waals surface area (Å²) < 4.78 is 0. The van der Waals surface area contributed by atoms with E-state index in [-0.39, 0.29) is 0 Å². The Hall–Kier alpha value is -1.07. The first-order chi connectivity index (χ1) is 7.43. The zero-order valence-corrected chi connectivity index (χ0v) is 9.13. The molecule has 0 aromatic carbocycles. The van der Waals surface area contributed by atoms with Crippen LogP contribution in [0.3, 0.4) is 0 Å². The summed E-state index contributed by atoms with van der Waals surface area (Å²) in [5.74, 6) is 0.604. The van der Waals surface area contributed by atoms with Gasteiger partial charge in [-0.05, 0) is 25.9 Å². The van der Waals surface area contributed by atoms with E-state index in [2.05, 4.69) is 20.3 Å². The van der Waals surface area contributed by atoms with Crippen molar-refractivity contribution in [3.05, 3.63) is 17.4 Å². The van der Waals surface area contributed by atoms with E-state index in [0.29, 0.717) is 5.92 Å². The first kappa shape index (κ1) is 9.18. The lowest BCUT2D eigenvalue weighted by atomic mass is 9.99. The summed E-state index contributed by atoms with van der Waals surface area (Å²) in [7, 11) is 0. The number of hydrogen-bond donors (Lipinski definition) is 1. The molecule has 0 radical (unpaired) electrons. The van der Waals surface area contributed by atoms with Gasteiger partial charge in [-0.25, -0.2) is 15.0 Å². The van der Waals surface area contributed by atoms with Gasteiger partial charge in [0.2, 0.25) is 0 Å². The number of piperidine rings is 1. The van der Waals surface area contributed by atoms with Crippen LogP contribution in [-0.2, 0) is 0 Å². The van der Waals surface area contributed by atoms with E-state index < -0.39 is 0 Å². The third-order valence-corrected chi connectivity index (χ3v) is 3.87. The summed E-state index contributed by atoms with van der Waals surface area (Å²) in [6.07, 6.45) is 5.79. The Morgan fingerprint density at radius 2 is 2.00 bits per heavy atom. The second kappa shape index (κ2) is 3.83. The Morgan fingerprint density at radius 3 is 2.80 bits per heavy atom. The molecule has 0 bridgehead atoms. The third-order valence-electron chi connectivity index (χ3n) is 2.75. The van der Waals surface area contributed by atoms with Gasteiger partial charge in [0.15, 0.2) is 10.5 Å². The molecule has 1 aliphatic rings. The Labute approximate surface area is 91.8 Å². The van der Waals surface area contributed by atoms with Gasteiger partial charge in [0.05, 0.1) is 0 Å². The topological polar surface area (TPSA) is 50.7 Å². The number of rotatable bonds is 1. The minimum atomic E-state index is 0.604. The molecule has 0 amide bonds. The van der Waals surface area contributed by atoms with Crippen LogP contribution in [-0.4, -0.2) is 28.0 Å². The van der Waals surface area contributed by atoms with Gasteiger partial charge in [-0.1, -0.05) is 11.3 Å². The molecule has 0 aliphatic carbocycles. The summed E-state index contributed by atoms with van der Waals surface area (Å²) >= 11 is 1.69. The lowest BCUT2D eigenvalue weighted by molar-refractivity contribution is 0.459. The van der Waals surface area contributed by atoms with Crippen LogP contribution in [0, 0.1) is 0 Å². The average Bonchev–Trinajstić information content (AvgIpc) is 2.74. The van der Waals surface area contributed by atoms with Crippen molar-refractivity contribution < 1.29 is 0 Å². The van der Waals surface area contributed by atoms with Crippen LogP contribution in [0.15, 0.2) is 12.4 Å². The highest BCUT2D eigenvalue weighted by atomic mass is 32.1. The highest BCUT2D eigenvalue weighted by molar-refractivity contribution is 7.18. The molecule has 0 spiro atoms. The van der Waals surface area contributed by atoms with Gasteiger partial charge in [-0.15, -0.1) is 0 Å². The van der Waals surface area contributed by atoms with Crippen LogP contribution in [0.5, 0.6) is 0 Å². The molecule has 2 aromatic heterocycles. The predicted molar refractivity (Wildman–Crippen MR) is 60.1 cm³/mol. The zero-order valence-electron chi connectivity index (χ0n) is 8.31. The van der Waals surface area contributed by atoms with Crippen molar-refractivity contribution in [1.82, 2.24) is 20.3 Å². The van der Waals surface area contributed by atoms with E-state index in [0.717, 1.165) is 23.6 Å². The first-order valence-corrected chi connectivity index (χ1v) is 6.03. The van der Waals surface area contributed by atoms with Crippen molar-refractivity contribution in [2.45, 2.75) is 18.8 Å². The SMILES string of the molecule is c1cnc2sc(C3CCNCC3)nc2n1. The lowest BCUT2D eigenvalue weighted by Crippen LogP contribution is -2.26. The highest BCUT2D eigenvalue weighted by Crippen LogP contribution is 2.30. The molecule has 0 atom stereocenters. The highest BCUT2D eigenvalue weighted by Gasteiger charge is 2.19. The molecule has 3 rings (SSSR count). The minimum Gasteiger partial charge on any atom is -0.317 e. The van der Waals surface area contributed by atoms with Gasteiger partial charge < -0.3 is 5.32 Å². The number of hydrogen-bond acceptors (Lipinski definition) is 5. The summed E-state index contributed by atoms with van der Waals surface area (Å²) in [6, 6.07) is 0. The molecule has 5 heteroatoms. The van der Waals surface area contributed by atoms with Crippen LogP contribution in [0.25, 0.3) is 10.5 Å². The van der Waals surface area contributed by atoms with E-state index in [1.54, 1.807) is 23.7 Å². The van der Waals surface area contributed by atoms with Crippen LogP contribution < -0.4 is 5.32 Å². The predicted octanol–water partition coefficient (Wildman–Crippen LogP) is 1.55. The van der Waals surface area contributed by atoms with Crippen molar-refractivity contribution in [3.63, 3.8) is 0 Å². The molecule has 1 fully saturated rings. The van der Waals surface area contributed by atoms with Crippen molar-refractivity contribution >= 4 is 21.8 Å². The molecule has 15 heavy (non-hydrogen) atoms.